The molecule has 1 saturated heterocycles. The van der Waals surface area contributed by atoms with Crippen LogP contribution in [0.4, 0.5) is 0 Å². The first-order chi connectivity index (χ1) is 10.3. The van der Waals surface area contributed by atoms with Gasteiger partial charge in [0.15, 0.2) is 11.5 Å². The molecule has 0 amide bonds. The summed E-state index contributed by atoms with van der Waals surface area (Å²) in [6, 6.07) is 5.25. The molecule has 1 aliphatic heterocycles. The Balaban J connectivity index is 1.69. The van der Waals surface area contributed by atoms with Crippen molar-refractivity contribution >= 4 is 6.29 Å². The Kier molecular flexibility index (Phi) is 6.54. The van der Waals surface area contributed by atoms with Crippen LogP contribution in [-0.2, 0) is 0 Å². The van der Waals surface area contributed by atoms with Crippen LogP contribution in [0.25, 0.3) is 0 Å². The maximum Gasteiger partial charge on any atom is 0.161 e. The van der Waals surface area contributed by atoms with Crippen LogP contribution in [0.3, 0.4) is 0 Å². The molecule has 0 spiro atoms. The van der Waals surface area contributed by atoms with Gasteiger partial charge >= 0.3 is 0 Å². The number of hydrogen-bond donors (Lipinski definition) is 0. The molecule has 1 aromatic carbocycles. The van der Waals surface area contributed by atoms with Gasteiger partial charge < -0.3 is 14.4 Å². The van der Waals surface area contributed by atoms with Gasteiger partial charge in [-0.25, -0.2) is 0 Å². The van der Waals surface area contributed by atoms with E-state index in [0.717, 1.165) is 19.1 Å². The Morgan fingerprint density at radius 2 is 1.95 bits per heavy atom. The molecule has 1 fully saturated rings. The third kappa shape index (κ3) is 5.05. The first-order valence-corrected chi connectivity index (χ1v) is 7.82. The van der Waals surface area contributed by atoms with E-state index in [4.69, 9.17) is 9.47 Å². The average molecular weight is 291 g/mol. The number of hydrogen-bond acceptors (Lipinski definition) is 4. The molecule has 4 heteroatoms. The smallest absolute Gasteiger partial charge is 0.161 e. The third-order valence-electron chi connectivity index (χ3n) is 3.90. The van der Waals surface area contributed by atoms with Crippen LogP contribution in [0.2, 0.25) is 0 Å². The van der Waals surface area contributed by atoms with Crippen molar-refractivity contribution in [1.29, 1.82) is 0 Å². The number of unbranched alkanes of at least 4 members (excludes halogenated alkanes) is 1. The van der Waals surface area contributed by atoms with Gasteiger partial charge in [0.1, 0.15) is 6.29 Å². The van der Waals surface area contributed by atoms with Crippen molar-refractivity contribution in [2.45, 2.75) is 32.1 Å². The number of carbonyl (C=O) groups is 1. The zero-order chi connectivity index (χ0) is 14.9. The Morgan fingerprint density at radius 1 is 1.14 bits per heavy atom. The number of likely N-dealkylation sites (tertiary alicyclic amines) is 1. The predicted molar refractivity (Wildman–Crippen MR) is 83.4 cm³/mol. The molecular formula is C17H25NO3. The first kappa shape index (κ1) is 15.8. The molecular weight excluding hydrogens is 266 g/mol. The van der Waals surface area contributed by atoms with Crippen LogP contribution in [0.1, 0.15) is 42.5 Å². The minimum Gasteiger partial charge on any atom is -0.493 e. The average Bonchev–Trinajstić information content (AvgIpc) is 2.55. The lowest BCUT2D eigenvalue weighted by molar-refractivity contribution is 0.112. The standard InChI is InChI=1S/C17H25NO3/c1-20-17-13-15(14-19)7-8-16(17)21-12-6-5-11-18-9-3-2-4-10-18/h7-8,13-14H,2-6,9-12H2,1H3. The molecule has 116 valence electrons. The molecule has 0 aliphatic carbocycles. The van der Waals surface area contributed by atoms with Crippen molar-refractivity contribution in [2.24, 2.45) is 0 Å². The summed E-state index contributed by atoms with van der Waals surface area (Å²) in [6.45, 7) is 4.36. The summed E-state index contributed by atoms with van der Waals surface area (Å²) < 4.78 is 11.0. The normalized spacial score (nSPS) is 15.7. The van der Waals surface area contributed by atoms with Gasteiger partial charge in [-0.1, -0.05) is 6.42 Å². The van der Waals surface area contributed by atoms with Gasteiger partial charge in [0.25, 0.3) is 0 Å². The summed E-state index contributed by atoms with van der Waals surface area (Å²) in [5.41, 5.74) is 0.601. The Hall–Kier alpha value is -1.55. The molecule has 21 heavy (non-hydrogen) atoms. The Bertz CT molecular complexity index is 442. The summed E-state index contributed by atoms with van der Waals surface area (Å²) in [5, 5.41) is 0. The highest BCUT2D eigenvalue weighted by Gasteiger charge is 2.09. The molecule has 1 aromatic rings. The van der Waals surface area contributed by atoms with E-state index >= 15 is 0 Å². The molecule has 0 saturated carbocycles. The maximum atomic E-state index is 10.7. The maximum absolute atomic E-state index is 10.7. The SMILES string of the molecule is COc1cc(C=O)ccc1OCCCCN1CCCCC1. The third-order valence-corrected chi connectivity index (χ3v) is 3.90. The topological polar surface area (TPSA) is 38.8 Å². The zero-order valence-electron chi connectivity index (χ0n) is 12.8. The van der Waals surface area contributed by atoms with Crippen molar-refractivity contribution in [1.82, 2.24) is 4.90 Å². The Morgan fingerprint density at radius 3 is 2.67 bits per heavy atom. The highest BCUT2D eigenvalue weighted by Crippen LogP contribution is 2.27. The largest absolute Gasteiger partial charge is 0.493 e. The summed E-state index contributed by atoms with van der Waals surface area (Å²) in [7, 11) is 1.59. The van der Waals surface area contributed by atoms with E-state index in [1.54, 1.807) is 25.3 Å². The summed E-state index contributed by atoms with van der Waals surface area (Å²) >= 11 is 0. The predicted octanol–water partition coefficient (Wildman–Crippen LogP) is 3.15. The lowest BCUT2D eigenvalue weighted by Gasteiger charge is -2.26. The number of methoxy groups -OCH3 is 1. The van der Waals surface area contributed by atoms with Gasteiger partial charge in [-0.05, 0) is 63.5 Å². The van der Waals surface area contributed by atoms with Crippen LogP contribution >= 0.6 is 0 Å². The van der Waals surface area contributed by atoms with Crippen molar-refractivity contribution in [2.75, 3.05) is 33.4 Å². The van der Waals surface area contributed by atoms with Gasteiger partial charge in [-0.15, -0.1) is 0 Å². The lowest BCUT2D eigenvalue weighted by Crippen LogP contribution is -2.30. The quantitative estimate of drug-likeness (QED) is 0.545. The highest BCUT2D eigenvalue weighted by molar-refractivity contribution is 5.76. The highest BCUT2D eigenvalue weighted by atomic mass is 16.5. The van der Waals surface area contributed by atoms with E-state index in [0.29, 0.717) is 23.7 Å². The van der Waals surface area contributed by atoms with E-state index in [-0.39, 0.29) is 0 Å². The second-order valence-electron chi connectivity index (χ2n) is 5.49. The van der Waals surface area contributed by atoms with Gasteiger partial charge in [0.05, 0.1) is 13.7 Å². The molecule has 1 heterocycles. The molecule has 0 unspecified atom stereocenters. The van der Waals surface area contributed by atoms with E-state index in [9.17, 15) is 4.79 Å². The van der Waals surface area contributed by atoms with E-state index in [2.05, 4.69) is 4.90 Å². The number of aldehydes is 1. The van der Waals surface area contributed by atoms with E-state index in [1.807, 2.05) is 0 Å². The summed E-state index contributed by atoms with van der Waals surface area (Å²) in [6.07, 6.45) is 7.08. The second kappa shape index (κ2) is 8.67. The molecule has 0 radical (unpaired) electrons. The minimum atomic E-state index is 0.601. The van der Waals surface area contributed by atoms with E-state index in [1.165, 1.54) is 38.9 Å². The molecule has 2 rings (SSSR count). The molecule has 0 N–H and O–H groups in total. The fraction of sp³-hybridized carbons (Fsp3) is 0.588. The second-order valence-corrected chi connectivity index (χ2v) is 5.49. The van der Waals surface area contributed by atoms with Crippen molar-refractivity contribution in [3.63, 3.8) is 0 Å². The van der Waals surface area contributed by atoms with Crippen LogP contribution < -0.4 is 9.47 Å². The van der Waals surface area contributed by atoms with E-state index < -0.39 is 0 Å². The molecule has 0 bridgehead atoms. The zero-order valence-corrected chi connectivity index (χ0v) is 12.8. The monoisotopic (exact) mass is 291 g/mol. The fourth-order valence-corrected chi connectivity index (χ4v) is 2.68. The van der Waals surface area contributed by atoms with Gasteiger partial charge in [0, 0.05) is 5.56 Å². The number of ether oxygens (including phenoxy) is 2. The van der Waals surface area contributed by atoms with Gasteiger partial charge in [-0.3, -0.25) is 4.79 Å². The number of piperidine rings is 1. The first-order valence-electron chi connectivity index (χ1n) is 7.82. The minimum absolute atomic E-state index is 0.601. The van der Waals surface area contributed by atoms with Crippen molar-refractivity contribution < 1.29 is 14.3 Å². The van der Waals surface area contributed by atoms with Gasteiger partial charge in [0.2, 0.25) is 0 Å². The number of carbonyl (C=O) groups excluding carboxylic acids is 1. The van der Waals surface area contributed by atoms with Gasteiger partial charge in [-0.2, -0.15) is 0 Å². The van der Waals surface area contributed by atoms with Crippen LogP contribution in [-0.4, -0.2) is 44.5 Å². The molecule has 1 aliphatic rings. The van der Waals surface area contributed by atoms with Crippen LogP contribution in [0.15, 0.2) is 18.2 Å². The summed E-state index contributed by atoms with van der Waals surface area (Å²) in [4.78, 5) is 13.3. The number of rotatable bonds is 8. The van der Waals surface area contributed by atoms with Crippen LogP contribution in [0.5, 0.6) is 11.5 Å². The van der Waals surface area contributed by atoms with Crippen LogP contribution in [0, 0.1) is 0 Å². The fourth-order valence-electron chi connectivity index (χ4n) is 2.68. The molecule has 0 aromatic heterocycles. The number of nitrogens with zero attached hydrogens (tertiary/aromatic N) is 1. The summed E-state index contributed by atoms with van der Waals surface area (Å²) in [5.74, 6) is 1.33. The van der Waals surface area contributed by atoms with Crippen molar-refractivity contribution in [3.8, 4) is 11.5 Å². The molecule has 4 nitrogen and oxygen atoms in total. The van der Waals surface area contributed by atoms with Crippen molar-refractivity contribution in [3.05, 3.63) is 23.8 Å². The lowest BCUT2D eigenvalue weighted by atomic mass is 10.1. The number of benzene rings is 1. The molecule has 0 atom stereocenters. The Labute approximate surface area is 127 Å².